The second-order valence-corrected chi connectivity index (χ2v) is 2.90. The van der Waals surface area contributed by atoms with Crippen molar-refractivity contribution in [3.63, 3.8) is 0 Å². The van der Waals surface area contributed by atoms with E-state index in [1.807, 2.05) is 26.0 Å². The van der Waals surface area contributed by atoms with Crippen LogP contribution in [-0.4, -0.2) is 13.8 Å². The van der Waals surface area contributed by atoms with Crippen LogP contribution in [0.2, 0.25) is 0 Å². The van der Waals surface area contributed by atoms with Gasteiger partial charge < -0.3 is 9.47 Å². The topological polar surface area (TPSA) is 44.5 Å². The zero-order valence-corrected chi connectivity index (χ0v) is 8.26. The SMILES string of the molecule is COc1cc(C)c(OCN)cc1C. The maximum absolute atomic E-state index is 5.30. The molecule has 3 nitrogen and oxygen atoms in total. The van der Waals surface area contributed by atoms with Gasteiger partial charge in [0.15, 0.2) is 0 Å². The average molecular weight is 181 g/mol. The van der Waals surface area contributed by atoms with Crippen LogP contribution in [0, 0.1) is 13.8 Å². The van der Waals surface area contributed by atoms with Gasteiger partial charge in [-0.3, -0.25) is 5.73 Å². The van der Waals surface area contributed by atoms with Crippen molar-refractivity contribution in [1.29, 1.82) is 0 Å². The summed E-state index contributed by atoms with van der Waals surface area (Å²) in [6, 6.07) is 3.88. The summed E-state index contributed by atoms with van der Waals surface area (Å²) in [7, 11) is 1.66. The smallest absolute Gasteiger partial charge is 0.137 e. The van der Waals surface area contributed by atoms with E-state index < -0.39 is 0 Å². The first-order valence-electron chi connectivity index (χ1n) is 4.17. The van der Waals surface area contributed by atoms with Crippen molar-refractivity contribution < 1.29 is 9.47 Å². The molecule has 0 saturated carbocycles. The largest absolute Gasteiger partial charge is 0.496 e. The molecule has 1 aromatic rings. The molecule has 0 aliphatic carbocycles. The molecule has 1 rings (SSSR count). The van der Waals surface area contributed by atoms with Gasteiger partial charge >= 0.3 is 0 Å². The lowest BCUT2D eigenvalue weighted by Crippen LogP contribution is -2.08. The Morgan fingerprint density at radius 3 is 2.23 bits per heavy atom. The highest BCUT2D eigenvalue weighted by Crippen LogP contribution is 2.27. The van der Waals surface area contributed by atoms with Gasteiger partial charge in [0.05, 0.1) is 7.11 Å². The number of ether oxygens (including phenoxy) is 2. The van der Waals surface area contributed by atoms with Crippen LogP contribution < -0.4 is 15.2 Å². The number of nitrogens with two attached hydrogens (primary N) is 1. The van der Waals surface area contributed by atoms with Crippen LogP contribution in [-0.2, 0) is 0 Å². The highest BCUT2D eigenvalue weighted by atomic mass is 16.5. The fourth-order valence-electron chi connectivity index (χ4n) is 1.23. The number of rotatable bonds is 3. The van der Waals surface area contributed by atoms with Crippen molar-refractivity contribution in [3.8, 4) is 11.5 Å². The summed E-state index contributed by atoms with van der Waals surface area (Å²) in [6.45, 7) is 4.14. The van der Waals surface area contributed by atoms with Gasteiger partial charge in [0.2, 0.25) is 0 Å². The van der Waals surface area contributed by atoms with Crippen molar-refractivity contribution in [2.24, 2.45) is 5.73 Å². The number of hydrogen-bond acceptors (Lipinski definition) is 3. The molecule has 0 heterocycles. The maximum atomic E-state index is 5.30. The maximum Gasteiger partial charge on any atom is 0.137 e. The summed E-state index contributed by atoms with van der Waals surface area (Å²) in [4.78, 5) is 0. The summed E-state index contributed by atoms with van der Waals surface area (Å²) in [5.74, 6) is 1.70. The van der Waals surface area contributed by atoms with Gasteiger partial charge in [0.1, 0.15) is 18.2 Å². The zero-order chi connectivity index (χ0) is 9.84. The Balaban J connectivity index is 3.05. The van der Waals surface area contributed by atoms with E-state index in [-0.39, 0.29) is 6.73 Å². The zero-order valence-electron chi connectivity index (χ0n) is 8.26. The van der Waals surface area contributed by atoms with Gasteiger partial charge in [-0.05, 0) is 37.1 Å². The van der Waals surface area contributed by atoms with E-state index in [0.29, 0.717) is 0 Å². The van der Waals surface area contributed by atoms with E-state index in [2.05, 4.69) is 0 Å². The molecular formula is C10H15NO2. The molecule has 0 aromatic heterocycles. The van der Waals surface area contributed by atoms with Crippen LogP contribution in [0.4, 0.5) is 0 Å². The standard InChI is InChI=1S/C10H15NO2/c1-7-5-10(13-6-11)8(2)4-9(7)12-3/h4-5H,6,11H2,1-3H3. The third-order valence-corrected chi connectivity index (χ3v) is 1.93. The Hall–Kier alpha value is -1.22. The molecule has 0 saturated heterocycles. The van der Waals surface area contributed by atoms with E-state index in [4.69, 9.17) is 15.2 Å². The fourth-order valence-corrected chi connectivity index (χ4v) is 1.23. The van der Waals surface area contributed by atoms with Crippen molar-refractivity contribution in [1.82, 2.24) is 0 Å². The molecule has 13 heavy (non-hydrogen) atoms. The van der Waals surface area contributed by atoms with Gasteiger partial charge in [-0.1, -0.05) is 0 Å². The van der Waals surface area contributed by atoms with Crippen LogP contribution in [0.15, 0.2) is 12.1 Å². The van der Waals surface area contributed by atoms with Crippen molar-refractivity contribution in [2.75, 3.05) is 13.8 Å². The molecule has 0 unspecified atom stereocenters. The van der Waals surface area contributed by atoms with E-state index in [1.165, 1.54) is 0 Å². The van der Waals surface area contributed by atoms with E-state index in [0.717, 1.165) is 22.6 Å². The van der Waals surface area contributed by atoms with E-state index in [9.17, 15) is 0 Å². The van der Waals surface area contributed by atoms with Crippen LogP contribution in [0.25, 0.3) is 0 Å². The molecule has 3 heteroatoms. The molecule has 0 bridgehead atoms. The van der Waals surface area contributed by atoms with Crippen LogP contribution in [0.1, 0.15) is 11.1 Å². The molecule has 0 aliphatic heterocycles. The number of methoxy groups -OCH3 is 1. The highest BCUT2D eigenvalue weighted by molar-refractivity contribution is 5.45. The van der Waals surface area contributed by atoms with Crippen LogP contribution in [0.5, 0.6) is 11.5 Å². The van der Waals surface area contributed by atoms with Crippen molar-refractivity contribution in [3.05, 3.63) is 23.3 Å². The number of hydrogen-bond donors (Lipinski definition) is 1. The lowest BCUT2D eigenvalue weighted by molar-refractivity contribution is 0.326. The van der Waals surface area contributed by atoms with E-state index >= 15 is 0 Å². The first-order valence-corrected chi connectivity index (χ1v) is 4.17. The van der Waals surface area contributed by atoms with Gasteiger partial charge in [0, 0.05) is 0 Å². The molecule has 2 N–H and O–H groups in total. The number of benzene rings is 1. The molecule has 0 amide bonds. The lowest BCUT2D eigenvalue weighted by Gasteiger charge is -2.10. The third kappa shape index (κ3) is 2.12. The molecule has 0 spiro atoms. The lowest BCUT2D eigenvalue weighted by atomic mass is 10.1. The minimum Gasteiger partial charge on any atom is -0.496 e. The Morgan fingerprint density at radius 2 is 1.69 bits per heavy atom. The molecular weight excluding hydrogens is 166 g/mol. The molecule has 0 fully saturated rings. The molecule has 0 aliphatic rings. The van der Waals surface area contributed by atoms with Gasteiger partial charge in [-0.15, -0.1) is 0 Å². The highest BCUT2D eigenvalue weighted by Gasteiger charge is 2.04. The molecule has 0 radical (unpaired) electrons. The van der Waals surface area contributed by atoms with Gasteiger partial charge in [-0.25, -0.2) is 0 Å². The summed E-state index contributed by atoms with van der Waals surface area (Å²) < 4.78 is 10.4. The van der Waals surface area contributed by atoms with E-state index in [1.54, 1.807) is 7.11 Å². The number of aryl methyl sites for hydroxylation is 2. The van der Waals surface area contributed by atoms with Crippen LogP contribution in [0.3, 0.4) is 0 Å². The third-order valence-electron chi connectivity index (χ3n) is 1.93. The molecule has 72 valence electrons. The molecule has 1 aromatic carbocycles. The predicted molar refractivity (Wildman–Crippen MR) is 52.2 cm³/mol. The van der Waals surface area contributed by atoms with Gasteiger partial charge in [-0.2, -0.15) is 0 Å². The second kappa shape index (κ2) is 4.14. The Morgan fingerprint density at radius 1 is 1.15 bits per heavy atom. The second-order valence-electron chi connectivity index (χ2n) is 2.90. The van der Waals surface area contributed by atoms with Gasteiger partial charge in [0.25, 0.3) is 0 Å². The van der Waals surface area contributed by atoms with Crippen LogP contribution >= 0.6 is 0 Å². The Labute approximate surface area is 78.5 Å². The Bertz CT molecular complexity index is 297. The molecule has 0 atom stereocenters. The Kier molecular flexibility index (Phi) is 3.14. The van der Waals surface area contributed by atoms with Crippen molar-refractivity contribution in [2.45, 2.75) is 13.8 Å². The summed E-state index contributed by atoms with van der Waals surface area (Å²) in [6.07, 6.45) is 0. The quantitative estimate of drug-likeness (QED) is 0.720. The predicted octanol–water partition coefficient (Wildman–Crippen LogP) is 1.61. The normalized spacial score (nSPS) is 9.85. The minimum absolute atomic E-state index is 0.201. The summed E-state index contributed by atoms with van der Waals surface area (Å²) >= 11 is 0. The first kappa shape index (κ1) is 9.86. The minimum atomic E-state index is 0.201. The van der Waals surface area contributed by atoms with Crippen molar-refractivity contribution >= 4 is 0 Å². The monoisotopic (exact) mass is 181 g/mol. The summed E-state index contributed by atoms with van der Waals surface area (Å²) in [5.41, 5.74) is 7.38. The average Bonchev–Trinajstić information content (AvgIpc) is 2.11. The first-order chi connectivity index (χ1) is 6.19. The fraction of sp³-hybridized carbons (Fsp3) is 0.400. The summed E-state index contributed by atoms with van der Waals surface area (Å²) in [5, 5.41) is 0.